The highest BCUT2D eigenvalue weighted by Crippen LogP contribution is 2.10. The molecule has 1 atom stereocenters. The first-order chi connectivity index (χ1) is 7.26. The Balaban J connectivity index is 2.30. The van der Waals surface area contributed by atoms with Crippen LogP contribution in [0.4, 0.5) is 0 Å². The maximum absolute atomic E-state index is 5.47. The van der Waals surface area contributed by atoms with E-state index in [1.807, 2.05) is 0 Å². The van der Waals surface area contributed by atoms with E-state index in [9.17, 15) is 0 Å². The van der Waals surface area contributed by atoms with Crippen LogP contribution in [0.15, 0.2) is 4.52 Å². The van der Waals surface area contributed by atoms with Crippen molar-refractivity contribution in [1.82, 2.24) is 10.1 Å². The molecular weight excluding hydrogens is 194 g/mol. The molecule has 0 saturated carbocycles. The van der Waals surface area contributed by atoms with Crippen molar-refractivity contribution in [3.8, 4) is 0 Å². The lowest BCUT2D eigenvalue weighted by Gasteiger charge is -2.06. The SMILES string of the molecule is COCc1noc(CCC(C)CCN)n1. The first-order valence-electron chi connectivity index (χ1n) is 5.26. The van der Waals surface area contributed by atoms with Gasteiger partial charge < -0.3 is 15.0 Å². The Morgan fingerprint density at radius 1 is 1.47 bits per heavy atom. The van der Waals surface area contributed by atoms with Crippen molar-refractivity contribution < 1.29 is 9.26 Å². The molecule has 1 aromatic rings. The highest BCUT2D eigenvalue weighted by Gasteiger charge is 2.08. The maximum Gasteiger partial charge on any atom is 0.226 e. The Labute approximate surface area is 90.0 Å². The topological polar surface area (TPSA) is 74.2 Å². The van der Waals surface area contributed by atoms with Crippen LogP contribution in [0.2, 0.25) is 0 Å². The number of hydrogen-bond donors (Lipinski definition) is 1. The molecule has 1 unspecified atom stereocenters. The van der Waals surface area contributed by atoms with E-state index in [0.29, 0.717) is 24.2 Å². The van der Waals surface area contributed by atoms with Crippen molar-refractivity contribution in [2.75, 3.05) is 13.7 Å². The number of nitrogens with zero attached hydrogens (tertiary/aromatic N) is 2. The summed E-state index contributed by atoms with van der Waals surface area (Å²) < 4.78 is 9.98. The lowest BCUT2D eigenvalue weighted by Crippen LogP contribution is -2.06. The zero-order valence-electron chi connectivity index (χ0n) is 9.40. The molecule has 5 nitrogen and oxygen atoms in total. The lowest BCUT2D eigenvalue weighted by atomic mass is 10.0. The molecule has 15 heavy (non-hydrogen) atoms. The third kappa shape index (κ3) is 4.40. The molecule has 0 aliphatic heterocycles. The number of hydrogen-bond acceptors (Lipinski definition) is 5. The smallest absolute Gasteiger partial charge is 0.226 e. The molecule has 0 aliphatic rings. The second kappa shape index (κ2) is 6.53. The minimum Gasteiger partial charge on any atom is -0.377 e. The number of methoxy groups -OCH3 is 1. The summed E-state index contributed by atoms with van der Waals surface area (Å²) in [7, 11) is 1.61. The van der Waals surface area contributed by atoms with Gasteiger partial charge in [-0.2, -0.15) is 4.98 Å². The van der Waals surface area contributed by atoms with Crippen molar-refractivity contribution in [3.05, 3.63) is 11.7 Å². The van der Waals surface area contributed by atoms with E-state index < -0.39 is 0 Å². The van der Waals surface area contributed by atoms with Gasteiger partial charge in [0, 0.05) is 13.5 Å². The molecule has 0 saturated heterocycles. The highest BCUT2D eigenvalue weighted by molar-refractivity contribution is 4.84. The summed E-state index contributed by atoms with van der Waals surface area (Å²) in [6, 6.07) is 0. The van der Waals surface area contributed by atoms with Crippen LogP contribution in [0.5, 0.6) is 0 Å². The van der Waals surface area contributed by atoms with E-state index >= 15 is 0 Å². The molecule has 0 amide bonds. The monoisotopic (exact) mass is 213 g/mol. The second-order valence-electron chi connectivity index (χ2n) is 3.76. The molecule has 2 N–H and O–H groups in total. The van der Waals surface area contributed by atoms with Crippen LogP contribution in [0.25, 0.3) is 0 Å². The molecule has 0 fully saturated rings. The lowest BCUT2D eigenvalue weighted by molar-refractivity contribution is 0.174. The number of rotatable bonds is 7. The summed E-state index contributed by atoms with van der Waals surface area (Å²) in [6.45, 7) is 3.32. The van der Waals surface area contributed by atoms with Gasteiger partial charge in [0.2, 0.25) is 5.89 Å². The van der Waals surface area contributed by atoms with Crippen LogP contribution in [0, 0.1) is 5.92 Å². The van der Waals surface area contributed by atoms with Gasteiger partial charge in [-0.05, 0) is 25.3 Å². The van der Waals surface area contributed by atoms with Gasteiger partial charge in [-0.3, -0.25) is 0 Å². The molecule has 1 rings (SSSR count). The van der Waals surface area contributed by atoms with E-state index in [-0.39, 0.29) is 0 Å². The zero-order valence-corrected chi connectivity index (χ0v) is 9.40. The van der Waals surface area contributed by atoms with Crippen LogP contribution in [-0.2, 0) is 17.8 Å². The summed E-state index contributed by atoms with van der Waals surface area (Å²) in [5.74, 6) is 1.90. The Morgan fingerprint density at radius 2 is 2.27 bits per heavy atom. The van der Waals surface area contributed by atoms with Gasteiger partial charge in [0.1, 0.15) is 6.61 Å². The largest absolute Gasteiger partial charge is 0.377 e. The van der Waals surface area contributed by atoms with Crippen molar-refractivity contribution in [1.29, 1.82) is 0 Å². The molecule has 0 aromatic carbocycles. The average Bonchev–Trinajstić information content (AvgIpc) is 2.64. The van der Waals surface area contributed by atoms with Crippen molar-refractivity contribution >= 4 is 0 Å². The van der Waals surface area contributed by atoms with Crippen LogP contribution in [0.1, 0.15) is 31.5 Å². The Kier molecular flexibility index (Phi) is 5.28. The Bertz CT molecular complexity index is 275. The summed E-state index contributed by atoms with van der Waals surface area (Å²) in [5.41, 5.74) is 5.47. The summed E-state index contributed by atoms with van der Waals surface area (Å²) in [4.78, 5) is 4.20. The van der Waals surface area contributed by atoms with Gasteiger partial charge in [0.25, 0.3) is 0 Å². The molecular formula is C10H19N3O2. The summed E-state index contributed by atoms with van der Waals surface area (Å²) in [6.07, 6.45) is 2.89. The maximum atomic E-state index is 5.47. The number of nitrogens with two attached hydrogens (primary N) is 1. The predicted molar refractivity (Wildman–Crippen MR) is 56.2 cm³/mol. The molecule has 1 heterocycles. The average molecular weight is 213 g/mol. The summed E-state index contributed by atoms with van der Waals surface area (Å²) >= 11 is 0. The minimum absolute atomic E-state index is 0.405. The quantitative estimate of drug-likeness (QED) is 0.735. The minimum atomic E-state index is 0.405. The van der Waals surface area contributed by atoms with Crippen LogP contribution in [0.3, 0.4) is 0 Å². The third-order valence-corrected chi connectivity index (χ3v) is 2.29. The molecule has 0 radical (unpaired) electrons. The zero-order chi connectivity index (χ0) is 11.1. The fraction of sp³-hybridized carbons (Fsp3) is 0.800. The Hall–Kier alpha value is -0.940. The van der Waals surface area contributed by atoms with Crippen molar-refractivity contribution in [2.45, 2.75) is 32.8 Å². The molecule has 0 spiro atoms. The highest BCUT2D eigenvalue weighted by atomic mass is 16.5. The third-order valence-electron chi connectivity index (χ3n) is 2.29. The van der Waals surface area contributed by atoms with Gasteiger partial charge >= 0.3 is 0 Å². The molecule has 5 heteroatoms. The van der Waals surface area contributed by atoms with E-state index in [1.54, 1.807) is 7.11 Å². The van der Waals surface area contributed by atoms with Crippen molar-refractivity contribution in [3.63, 3.8) is 0 Å². The number of aromatic nitrogens is 2. The number of ether oxygens (including phenoxy) is 1. The molecule has 0 aliphatic carbocycles. The normalized spacial score (nSPS) is 13.0. The fourth-order valence-electron chi connectivity index (χ4n) is 1.38. The van der Waals surface area contributed by atoms with Crippen LogP contribution >= 0.6 is 0 Å². The van der Waals surface area contributed by atoms with Gasteiger partial charge in [0.15, 0.2) is 5.82 Å². The summed E-state index contributed by atoms with van der Waals surface area (Å²) in [5, 5.41) is 3.79. The van der Waals surface area contributed by atoms with Crippen LogP contribution < -0.4 is 5.73 Å². The van der Waals surface area contributed by atoms with Gasteiger partial charge in [-0.1, -0.05) is 12.1 Å². The molecule has 0 bridgehead atoms. The van der Waals surface area contributed by atoms with Crippen molar-refractivity contribution in [2.24, 2.45) is 11.7 Å². The van der Waals surface area contributed by atoms with Crippen LogP contribution in [-0.4, -0.2) is 23.8 Å². The van der Waals surface area contributed by atoms with E-state index in [0.717, 1.165) is 25.8 Å². The van der Waals surface area contributed by atoms with Gasteiger partial charge in [-0.25, -0.2) is 0 Å². The Morgan fingerprint density at radius 3 is 2.93 bits per heavy atom. The van der Waals surface area contributed by atoms with Gasteiger partial charge in [-0.15, -0.1) is 0 Å². The van der Waals surface area contributed by atoms with Gasteiger partial charge in [0.05, 0.1) is 0 Å². The van der Waals surface area contributed by atoms with E-state index in [1.165, 1.54) is 0 Å². The van der Waals surface area contributed by atoms with E-state index in [4.69, 9.17) is 15.0 Å². The second-order valence-corrected chi connectivity index (χ2v) is 3.76. The fourth-order valence-corrected chi connectivity index (χ4v) is 1.38. The molecule has 86 valence electrons. The first kappa shape index (κ1) is 12.1. The first-order valence-corrected chi connectivity index (χ1v) is 5.26. The standard InChI is InChI=1S/C10H19N3O2/c1-8(5-6-11)3-4-10-12-9(7-14-2)13-15-10/h8H,3-7,11H2,1-2H3. The molecule has 1 aromatic heterocycles. The predicted octanol–water partition coefficient (Wildman–Crippen LogP) is 1.13. The number of aryl methyl sites for hydroxylation is 1. The van der Waals surface area contributed by atoms with E-state index in [2.05, 4.69) is 17.1 Å².